The Balaban J connectivity index is 1.93. The number of methoxy groups -OCH3 is 1. The molecule has 0 aliphatic carbocycles. The largest absolute Gasteiger partial charge is 0.469 e. The van der Waals surface area contributed by atoms with Crippen LogP contribution in [0.5, 0.6) is 0 Å². The van der Waals surface area contributed by atoms with Crippen molar-refractivity contribution >= 4 is 23.4 Å². The summed E-state index contributed by atoms with van der Waals surface area (Å²) >= 11 is 1.51. The first kappa shape index (κ1) is 13.8. The van der Waals surface area contributed by atoms with Crippen molar-refractivity contribution in [3.05, 3.63) is 16.1 Å². The fraction of sp³-hybridized carbons (Fsp3) is 0.583. The van der Waals surface area contributed by atoms with Gasteiger partial charge >= 0.3 is 12.1 Å². The van der Waals surface area contributed by atoms with Gasteiger partial charge in [-0.15, -0.1) is 11.3 Å². The number of ether oxygens (including phenoxy) is 1. The standard InChI is InChI=1S/C12H16N2O4S/c1-18-10(15)6-9-7-13-11(19-9)8-2-4-14(5-3-8)12(16)17/h7-8H,2-6H2,1H3,(H,16,17). The minimum Gasteiger partial charge on any atom is -0.469 e. The molecule has 0 unspecified atom stereocenters. The molecule has 2 rings (SSSR count). The summed E-state index contributed by atoms with van der Waals surface area (Å²) in [7, 11) is 1.37. The van der Waals surface area contributed by atoms with Crippen molar-refractivity contribution in [2.45, 2.75) is 25.2 Å². The molecule has 1 fully saturated rings. The monoisotopic (exact) mass is 284 g/mol. The summed E-state index contributed by atoms with van der Waals surface area (Å²) in [6, 6.07) is 0. The van der Waals surface area contributed by atoms with Crippen LogP contribution in [0.4, 0.5) is 4.79 Å². The summed E-state index contributed by atoms with van der Waals surface area (Å²) in [5.41, 5.74) is 0. The SMILES string of the molecule is COC(=O)Cc1cnc(C2CCN(C(=O)O)CC2)s1. The van der Waals surface area contributed by atoms with E-state index >= 15 is 0 Å². The zero-order chi connectivity index (χ0) is 13.8. The normalized spacial score (nSPS) is 16.4. The number of hydrogen-bond donors (Lipinski definition) is 1. The van der Waals surface area contributed by atoms with Crippen LogP contribution in [0.3, 0.4) is 0 Å². The lowest BCUT2D eigenvalue weighted by molar-refractivity contribution is -0.139. The molecule has 1 amide bonds. The highest BCUT2D eigenvalue weighted by atomic mass is 32.1. The number of carbonyl (C=O) groups is 2. The van der Waals surface area contributed by atoms with Gasteiger partial charge in [0.25, 0.3) is 0 Å². The second kappa shape index (κ2) is 6.01. The van der Waals surface area contributed by atoms with Gasteiger partial charge in [0, 0.05) is 30.1 Å². The van der Waals surface area contributed by atoms with Crippen LogP contribution in [0.25, 0.3) is 0 Å². The van der Waals surface area contributed by atoms with E-state index in [4.69, 9.17) is 5.11 Å². The first-order chi connectivity index (χ1) is 9.10. The van der Waals surface area contributed by atoms with Crippen LogP contribution in [0.1, 0.15) is 28.6 Å². The number of rotatable bonds is 3. The van der Waals surface area contributed by atoms with Crippen molar-refractivity contribution in [1.29, 1.82) is 0 Å². The Labute approximate surface area is 115 Å². The summed E-state index contributed by atoms with van der Waals surface area (Å²) in [6.07, 6.45) is 2.68. The van der Waals surface area contributed by atoms with Gasteiger partial charge in [-0.05, 0) is 12.8 Å². The van der Waals surface area contributed by atoms with E-state index in [1.807, 2.05) is 0 Å². The third kappa shape index (κ3) is 3.44. The number of aromatic nitrogens is 1. The number of piperidine rings is 1. The van der Waals surface area contributed by atoms with Crippen molar-refractivity contribution in [2.24, 2.45) is 0 Å². The molecule has 104 valence electrons. The fourth-order valence-corrected chi connectivity index (χ4v) is 3.20. The predicted molar refractivity (Wildman–Crippen MR) is 69.4 cm³/mol. The van der Waals surface area contributed by atoms with Crippen molar-refractivity contribution in [2.75, 3.05) is 20.2 Å². The minimum atomic E-state index is -0.857. The zero-order valence-electron chi connectivity index (χ0n) is 10.7. The highest BCUT2D eigenvalue weighted by molar-refractivity contribution is 7.11. The Morgan fingerprint density at radius 1 is 1.53 bits per heavy atom. The van der Waals surface area contributed by atoms with Gasteiger partial charge in [-0.2, -0.15) is 0 Å². The number of nitrogens with zero attached hydrogens (tertiary/aromatic N) is 2. The number of esters is 1. The van der Waals surface area contributed by atoms with Gasteiger partial charge in [0.2, 0.25) is 0 Å². The molecule has 1 aliphatic rings. The molecule has 0 spiro atoms. The molecule has 2 heterocycles. The molecule has 19 heavy (non-hydrogen) atoms. The van der Waals surface area contributed by atoms with Gasteiger partial charge in [0.15, 0.2) is 0 Å². The maximum atomic E-state index is 11.2. The lowest BCUT2D eigenvalue weighted by Gasteiger charge is -2.28. The Kier molecular flexibility index (Phi) is 4.36. The minimum absolute atomic E-state index is 0.252. The molecule has 6 nitrogen and oxygen atoms in total. The molecule has 1 aromatic rings. The van der Waals surface area contributed by atoms with E-state index in [-0.39, 0.29) is 12.4 Å². The van der Waals surface area contributed by atoms with Crippen molar-refractivity contribution in [3.8, 4) is 0 Å². The zero-order valence-corrected chi connectivity index (χ0v) is 11.5. The van der Waals surface area contributed by atoms with E-state index in [1.54, 1.807) is 6.20 Å². The number of likely N-dealkylation sites (tertiary alicyclic amines) is 1. The first-order valence-electron chi connectivity index (χ1n) is 6.09. The molecule has 0 bridgehead atoms. The topological polar surface area (TPSA) is 79.7 Å². The molecule has 0 radical (unpaired) electrons. The summed E-state index contributed by atoms with van der Waals surface area (Å²) in [4.78, 5) is 28.7. The lowest BCUT2D eigenvalue weighted by Crippen LogP contribution is -2.36. The Bertz CT molecular complexity index is 466. The molecule has 1 aliphatic heterocycles. The maximum Gasteiger partial charge on any atom is 0.407 e. The summed E-state index contributed by atoms with van der Waals surface area (Å²) < 4.78 is 4.62. The maximum absolute atomic E-state index is 11.2. The van der Waals surface area contributed by atoms with Crippen molar-refractivity contribution in [3.63, 3.8) is 0 Å². The van der Waals surface area contributed by atoms with Crippen LogP contribution in [0.2, 0.25) is 0 Å². The fourth-order valence-electron chi connectivity index (χ4n) is 2.13. The number of carboxylic acid groups (broad SMARTS) is 1. The van der Waals surface area contributed by atoms with Gasteiger partial charge in [-0.3, -0.25) is 4.79 Å². The van der Waals surface area contributed by atoms with Gasteiger partial charge in [0.05, 0.1) is 18.5 Å². The van der Waals surface area contributed by atoms with E-state index in [1.165, 1.54) is 23.3 Å². The average molecular weight is 284 g/mol. The average Bonchev–Trinajstić information content (AvgIpc) is 2.87. The van der Waals surface area contributed by atoms with E-state index in [0.29, 0.717) is 19.0 Å². The van der Waals surface area contributed by atoms with Crippen LogP contribution in [-0.4, -0.2) is 47.3 Å². The molecule has 1 aromatic heterocycles. The third-order valence-electron chi connectivity index (χ3n) is 3.23. The number of amides is 1. The molecule has 1 N–H and O–H groups in total. The van der Waals surface area contributed by atoms with E-state index in [2.05, 4.69) is 9.72 Å². The molecule has 0 atom stereocenters. The third-order valence-corrected chi connectivity index (χ3v) is 4.39. The van der Waals surface area contributed by atoms with Crippen LogP contribution in [0, 0.1) is 0 Å². The summed E-state index contributed by atoms with van der Waals surface area (Å²) in [5, 5.41) is 9.88. The van der Waals surface area contributed by atoms with E-state index in [0.717, 1.165) is 22.7 Å². The quantitative estimate of drug-likeness (QED) is 0.855. The Hall–Kier alpha value is -1.63. The highest BCUT2D eigenvalue weighted by Gasteiger charge is 2.25. The van der Waals surface area contributed by atoms with E-state index in [9.17, 15) is 9.59 Å². The first-order valence-corrected chi connectivity index (χ1v) is 6.91. The highest BCUT2D eigenvalue weighted by Crippen LogP contribution is 2.31. The van der Waals surface area contributed by atoms with Gasteiger partial charge in [-0.25, -0.2) is 9.78 Å². The van der Waals surface area contributed by atoms with Crippen LogP contribution in [-0.2, 0) is 16.0 Å². The van der Waals surface area contributed by atoms with Crippen LogP contribution in [0.15, 0.2) is 6.20 Å². The Morgan fingerprint density at radius 2 is 2.21 bits per heavy atom. The molecular weight excluding hydrogens is 268 g/mol. The van der Waals surface area contributed by atoms with Gasteiger partial charge in [0.1, 0.15) is 0 Å². The van der Waals surface area contributed by atoms with Crippen molar-refractivity contribution < 1.29 is 19.4 Å². The number of carbonyl (C=O) groups excluding carboxylic acids is 1. The lowest BCUT2D eigenvalue weighted by atomic mass is 9.98. The second-order valence-corrected chi connectivity index (χ2v) is 5.61. The Morgan fingerprint density at radius 3 is 2.79 bits per heavy atom. The molecule has 1 saturated heterocycles. The summed E-state index contributed by atoms with van der Waals surface area (Å²) in [5.74, 6) is 0.0305. The second-order valence-electron chi connectivity index (χ2n) is 4.46. The van der Waals surface area contributed by atoms with E-state index < -0.39 is 6.09 Å². The summed E-state index contributed by atoms with van der Waals surface area (Å²) in [6.45, 7) is 1.10. The van der Waals surface area contributed by atoms with Crippen LogP contribution < -0.4 is 0 Å². The number of hydrogen-bond acceptors (Lipinski definition) is 5. The molecule has 0 saturated carbocycles. The predicted octanol–water partition coefficient (Wildman–Crippen LogP) is 1.72. The smallest absolute Gasteiger partial charge is 0.407 e. The van der Waals surface area contributed by atoms with Gasteiger partial charge < -0.3 is 14.7 Å². The number of thiazole rings is 1. The van der Waals surface area contributed by atoms with Gasteiger partial charge in [-0.1, -0.05) is 0 Å². The molecule has 7 heteroatoms. The molecular formula is C12H16N2O4S. The van der Waals surface area contributed by atoms with Crippen molar-refractivity contribution in [1.82, 2.24) is 9.88 Å². The molecule has 0 aromatic carbocycles. The van der Waals surface area contributed by atoms with Crippen LogP contribution >= 0.6 is 11.3 Å².